The van der Waals surface area contributed by atoms with Crippen molar-refractivity contribution in [1.29, 1.82) is 0 Å². The van der Waals surface area contributed by atoms with Crippen LogP contribution in [-0.2, 0) is 6.54 Å². The summed E-state index contributed by atoms with van der Waals surface area (Å²) in [7, 11) is 0. The fourth-order valence-corrected chi connectivity index (χ4v) is 2.68. The largest absolute Gasteiger partial charge is 0.327 e. The van der Waals surface area contributed by atoms with E-state index in [-0.39, 0.29) is 5.91 Å². The van der Waals surface area contributed by atoms with Crippen LogP contribution < -0.4 is 0 Å². The van der Waals surface area contributed by atoms with Crippen LogP contribution in [0.25, 0.3) is 0 Å². The summed E-state index contributed by atoms with van der Waals surface area (Å²) in [5.41, 5.74) is 0.443. The van der Waals surface area contributed by atoms with Crippen molar-refractivity contribution in [2.24, 2.45) is 0 Å². The standard InChI is InChI=1S/C10H10N4OS2/c15-10(8-6-17-13-12-8)14(7-1-2-7)5-9-11-3-4-16-9/h3-4,6-7H,1-2,5H2. The summed E-state index contributed by atoms with van der Waals surface area (Å²) < 4.78 is 3.73. The third-order valence-electron chi connectivity index (χ3n) is 2.62. The Kier molecular flexibility index (Phi) is 2.86. The summed E-state index contributed by atoms with van der Waals surface area (Å²) in [6.45, 7) is 0.582. The average molecular weight is 266 g/mol. The molecule has 0 bridgehead atoms. The molecule has 0 saturated heterocycles. The van der Waals surface area contributed by atoms with Gasteiger partial charge in [0, 0.05) is 23.0 Å². The first kappa shape index (κ1) is 10.8. The molecule has 0 unspecified atom stereocenters. The molecule has 0 aromatic carbocycles. The molecule has 0 N–H and O–H groups in total. The zero-order chi connectivity index (χ0) is 11.7. The predicted octanol–water partition coefficient (Wildman–Crippen LogP) is 1.80. The van der Waals surface area contributed by atoms with E-state index in [4.69, 9.17) is 0 Å². The van der Waals surface area contributed by atoms with Crippen molar-refractivity contribution in [3.63, 3.8) is 0 Å². The smallest absolute Gasteiger partial charge is 0.275 e. The van der Waals surface area contributed by atoms with Gasteiger partial charge in [-0.25, -0.2) is 4.98 Å². The van der Waals surface area contributed by atoms with Crippen molar-refractivity contribution in [3.8, 4) is 0 Å². The van der Waals surface area contributed by atoms with Crippen molar-refractivity contribution >= 4 is 28.8 Å². The van der Waals surface area contributed by atoms with Crippen LogP contribution in [0.1, 0.15) is 28.3 Å². The lowest BCUT2D eigenvalue weighted by Gasteiger charge is -2.19. The molecule has 1 fully saturated rings. The lowest BCUT2D eigenvalue weighted by Crippen LogP contribution is -2.32. The fourth-order valence-electron chi connectivity index (χ4n) is 1.63. The molecular formula is C10H10N4OS2. The summed E-state index contributed by atoms with van der Waals surface area (Å²) in [6.07, 6.45) is 3.92. The molecule has 0 atom stereocenters. The van der Waals surface area contributed by atoms with E-state index in [9.17, 15) is 4.79 Å². The molecule has 0 aliphatic heterocycles. The van der Waals surface area contributed by atoms with E-state index in [1.165, 1.54) is 11.5 Å². The minimum absolute atomic E-state index is 0.0311. The Morgan fingerprint density at radius 1 is 1.53 bits per heavy atom. The van der Waals surface area contributed by atoms with Gasteiger partial charge < -0.3 is 4.90 Å². The van der Waals surface area contributed by atoms with E-state index < -0.39 is 0 Å². The Labute approximate surface area is 106 Å². The Balaban J connectivity index is 1.78. The van der Waals surface area contributed by atoms with Gasteiger partial charge in [0.1, 0.15) is 5.01 Å². The van der Waals surface area contributed by atoms with Crippen molar-refractivity contribution in [3.05, 3.63) is 27.7 Å². The maximum atomic E-state index is 12.2. The number of nitrogens with zero attached hydrogens (tertiary/aromatic N) is 4. The predicted molar refractivity (Wildman–Crippen MR) is 64.9 cm³/mol. The van der Waals surface area contributed by atoms with Gasteiger partial charge in [0.2, 0.25) is 0 Å². The van der Waals surface area contributed by atoms with Gasteiger partial charge in [-0.1, -0.05) is 4.49 Å². The van der Waals surface area contributed by atoms with Crippen LogP contribution in [0.2, 0.25) is 0 Å². The maximum Gasteiger partial charge on any atom is 0.275 e. The molecule has 17 heavy (non-hydrogen) atoms. The minimum Gasteiger partial charge on any atom is -0.327 e. The van der Waals surface area contributed by atoms with Gasteiger partial charge in [-0.3, -0.25) is 4.79 Å². The van der Waals surface area contributed by atoms with Gasteiger partial charge in [-0.2, -0.15) is 0 Å². The highest BCUT2D eigenvalue weighted by Crippen LogP contribution is 2.29. The number of hydrogen-bond acceptors (Lipinski definition) is 6. The van der Waals surface area contributed by atoms with Crippen LogP contribution in [0.4, 0.5) is 0 Å². The molecule has 1 saturated carbocycles. The van der Waals surface area contributed by atoms with Gasteiger partial charge in [-0.05, 0) is 24.4 Å². The second-order valence-electron chi connectivity index (χ2n) is 3.88. The minimum atomic E-state index is -0.0311. The van der Waals surface area contributed by atoms with E-state index in [2.05, 4.69) is 14.6 Å². The molecule has 1 aliphatic rings. The van der Waals surface area contributed by atoms with Crippen molar-refractivity contribution in [2.45, 2.75) is 25.4 Å². The molecule has 2 aromatic rings. The topological polar surface area (TPSA) is 59.0 Å². The molecular weight excluding hydrogens is 256 g/mol. The average Bonchev–Trinajstić information content (AvgIpc) is 2.86. The molecule has 0 spiro atoms. The lowest BCUT2D eigenvalue weighted by molar-refractivity contribution is 0.0724. The highest BCUT2D eigenvalue weighted by atomic mass is 32.1. The van der Waals surface area contributed by atoms with Crippen LogP contribution in [0, 0.1) is 0 Å². The molecule has 3 rings (SSSR count). The van der Waals surface area contributed by atoms with Crippen molar-refractivity contribution in [1.82, 2.24) is 19.5 Å². The molecule has 1 amide bonds. The monoisotopic (exact) mass is 266 g/mol. The summed E-state index contributed by atoms with van der Waals surface area (Å²) in [6, 6.07) is 0.355. The molecule has 7 heteroatoms. The molecule has 2 aromatic heterocycles. The molecule has 88 valence electrons. The van der Waals surface area contributed by atoms with Crippen LogP contribution >= 0.6 is 22.9 Å². The summed E-state index contributed by atoms with van der Waals surface area (Å²) in [5.74, 6) is -0.0311. The van der Waals surface area contributed by atoms with E-state index in [1.807, 2.05) is 10.3 Å². The van der Waals surface area contributed by atoms with Gasteiger partial charge >= 0.3 is 0 Å². The number of carbonyl (C=O) groups excluding carboxylic acids is 1. The maximum absolute atomic E-state index is 12.2. The van der Waals surface area contributed by atoms with Crippen LogP contribution in [0.3, 0.4) is 0 Å². The highest BCUT2D eigenvalue weighted by molar-refractivity contribution is 7.09. The Hall–Kier alpha value is -1.34. The summed E-state index contributed by atoms with van der Waals surface area (Å²) >= 11 is 2.78. The van der Waals surface area contributed by atoms with E-state index in [1.54, 1.807) is 22.9 Å². The first-order chi connectivity index (χ1) is 8.34. The van der Waals surface area contributed by atoms with Gasteiger partial charge in [0.25, 0.3) is 5.91 Å². The third-order valence-corrected chi connectivity index (χ3v) is 3.89. The number of thiazole rings is 1. The number of carbonyl (C=O) groups is 1. The summed E-state index contributed by atoms with van der Waals surface area (Å²) in [5, 5.41) is 8.42. The zero-order valence-electron chi connectivity index (χ0n) is 8.94. The number of aromatic nitrogens is 3. The molecule has 2 heterocycles. The van der Waals surface area contributed by atoms with Crippen LogP contribution in [0.5, 0.6) is 0 Å². The lowest BCUT2D eigenvalue weighted by atomic mass is 10.3. The SMILES string of the molecule is O=C(c1csnn1)N(Cc1nccs1)C1CC1. The summed E-state index contributed by atoms with van der Waals surface area (Å²) in [4.78, 5) is 18.3. The van der Waals surface area contributed by atoms with E-state index in [0.29, 0.717) is 18.3 Å². The number of hydrogen-bond donors (Lipinski definition) is 0. The normalized spacial score (nSPS) is 14.8. The Morgan fingerprint density at radius 2 is 2.41 bits per heavy atom. The van der Waals surface area contributed by atoms with Crippen LogP contribution in [-0.4, -0.2) is 31.4 Å². The van der Waals surface area contributed by atoms with Crippen LogP contribution in [0.15, 0.2) is 17.0 Å². The second kappa shape index (κ2) is 4.50. The van der Waals surface area contributed by atoms with Gasteiger partial charge in [0.15, 0.2) is 5.69 Å². The zero-order valence-corrected chi connectivity index (χ0v) is 10.6. The number of amides is 1. The quantitative estimate of drug-likeness (QED) is 0.846. The highest BCUT2D eigenvalue weighted by Gasteiger charge is 2.34. The van der Waals surface area contributed by atoms with Crippen molar-refractivity contribution < 1.29 is 4.79 Å². The van der Waals surface area contributed by atoms with Gasteiger partial charge in [0.05, 0.1) is 6.54 Å². The third kappa shape index (κ3) is 2.34. The van der Waals surface area contributed by atoms with E-state index >= 15 is 0 Å². The molecule has 0 radical (unpaired) electrons. The fraction of sp³-hybridized carbons (Fsp3) is 0.400. The molecule has 1 aliphatic carbocycles. The Bertz CT molecular complexity index is 492. The Morgan fingerprint density at radius 3 is 3.00 bits per heavy atom. The first-order valence-electron chi connectivity index (χ1n) is 5.31. The second-order valence-corrected chi connectivity index (χ2v) is 5.47. The van der Waals surface area contributed by atoms with Crippen molar-refractivity contribution in [2.75, 3.05) is 0 Å². The first-order valence-corrected chi connectivity index (χ1v) is 7.02. The number of rotatable bonds is 4. The van der Waals surface area contributed by atoms with E-state index in [0.717, 1.165) is 17.8 Å². The molecule has 5 nitrogen and oxygen atoms in total. The van der Waals surface area contributed by atoms with Gasteiger partial charge in [-0.15, -0.1) is 16.4 Å².